The van der Waals surface area contributed by atoms with Crippen molar-refractivity contribution in [3.8, 4) is 11.6 Å². The lowest BCUT2D eigenvalue weighted by molar-refractivity contribution is -0.0966. The molecule has 3 atom stereocenters. The van der Waals surface area contributed by atoms with Crippen LogP contribution in [0.2, 0.25) is 0 Å². The number of benzene rings is 1. The molecule has 2 aliphatic heterocycles. The molecule has 0 aliphatic carbocycles. The Morgan fingerprint density at radius 2 is 2.19 bits per heavy atom. The van der Waals surface area contributed by atoms with E-state index in [9.17, 15) is 4.89 Å². The Balaban J connectivity index is 1.29. The molecule has 170 valence electrons. The molecular weight excluding hydrogens is 437 g/mol. The number of nitrogens with two attached hydrogens (primary N) is 1. The summed E-state index contributed by atoms with van der Waals surface area (Å²) in [4.78, 5) is 23.6. The molecular formula is C20H25N5O6P+. The number of aromatic nitrogens is 4. The lowest BCUT2D eigenvalue weighted by Crippen LogP contribution is -2.31. The van der Waals surface area contributed by atoms with Gasteiger partial charge in [-0.1, -0.05) is 18.2 Å². The van der Waals surface area contributed by atoms with Crippen molar-refractivity contribution in [3.05, 3.63) is 36.2 Å². The van der Waals surface area contributed by atoms with Gasteiger partial charge in [0.2, 0.25) is 11.8 Å². The summed E-state index contributed by atoms with van der Waals surface area (Å²) in [5, 5.41) is 0. The Morgan fingerprint density at radius 1 is 1.34 bits per heavy atom. The number of hydrogen-bond donors (Lipinski definition) is 2. The van der Waals surface area contributed by atoms with Gasteiger partial charge in [-0.2, -0.15) is 14.9 Å². The number of nitrogen functional groups attached to an aromatic ring is 1. The van der Waals surface area contributed by atoms with Crippen molar-refractivity contribution < 1.29 is 27.9 Å². The minimum atomic E-state index is -3.46. The van der Waals surface area contributed by atoms with Crippen LogP contribution in [0, 0.1) is 0 Å². The quantitative estimate of drug-likeness (QED) is 0.526. The highest BCUT2D eigenvalue weighted by molar-refractivity contribution is 7.55. The van der Waals surface area contributed by atoms with E-state index in [0.717, 1.165) is 5.56 Å². The summed E-state index contributed by atoms with van der Waals surface area (Å²) >= 11 is 0. The van der Waals surface area contributed by atoms with E-state index >= 15 is 0 Å². The summed E-state index contributed by atoms with van der Waals surface area (Å²) < 4.78 is 30.5. The summed E-state index contributed by atoms with van der Waals surface area (Å²) in [6.07, 6.45) is 2.75. The lowest BCUT2D eigenvalue weighted by atomic mass is 10.1. The van der Waals surface area contributed by atoms with Crippen LogP contribution in [0.4, 0.5) is 5.95 Å². The van der Waals surface area contributed by atoms with Crippen LogP contribution in [-0.4, -0.2) is 43.7 Å². The molecule has 2 unspecified atom stereocenters. The highest BCUT2D eigenvalue weighted by Crippen LogP contribution is 2.61. The number of fused-ring (bicyclic) bond motifs is 2. The van der Waals surface area contributed by atoms with Gasteiger partial charge >= 0.3 is 8.17 Å². The molecule has 4 heterocycles. The maximum atomic E-state index is 10.7. The Labute approximate surface area is 185 Å². The molecule has 11 nitrogen and oxygen atoms in total. The average Bonchev–Trinajstić information content (AvgIpc) is 3.37. The first kappa shape index (κ1) is 21.3. The second-order valence-corrected chi connectivity index (χ2v) is 9.43. The van der Waals surface area contributed by atoms with Crippen molar-refractivity contribution in [1.82, 2.24) is 19.5 Å². The monoisotopic (exact) mass is 462 g/mol. The third-order valence-electron chi connectivity index (χ3n) is 5.52. The molecule has 0 saturated carbocycles. The molecule has 1 fully saturated rings. The molecule has 2 aliphatic rings. The topological polar surface area (TPSA) is 136 Å². The summed E-state index contributed by atoms with van der Waals surface area (Å²) in [6.45, 7) is 4.60. The van der Waals surface area contributed by atoms with Gasteiger partial charge in [0.25, 0.3) is 0 Å². The van der Waals surface area contributed by atoms with Crippen LogP contribution in [0.25, 0.3) is 11.2 Å². The van der Waals surface area contributed by atoms with Crippen LogP contribution < -0.4 is 15.0 Å². The zero-order chi connectivity index (χ0) is 22.3. The van der Waals surface area contributed by atoms with Crippen LogP contribution in [0.3, 0.4) is 0 Å². The summed E-state index contributed by atoms with van der Waals surface area (Å²) in [5.74, 6) is 1.01. The molecule has 0 radical (unpaired) electrons. The highest BCUT2D eigenvalue weighted by Gasteiger charge is 2.51. The molecule has 0 amide bonds. The fourth-order valence-corrected chi connectivity index (χ4v) is 5.19. The number of para-hydroxylation sites is 1. The molecule has 12 heteroatoms. The third kappa shape index (κ3) is 3.87. The van der Waals surface area contributed by atoms with E-state index in [1.807, 2.05) is 36.6 Å². The largest absolute Gasteiger partial charge is 0.619 e. The van der Waals surface area contributed by atoms with Crippen LogP contribution in [-0.2, 0) is 26.1 Å². The second kappa shape index (κ2) is 8.09. The standard InChI is InChI=1S/C20H25N5O6P/c1-3-27-18-16-17(23-19(21)24-18)25(12-22-16)20(2)9-8-14(30-20)11-29-32(26)28-10-13-6-4-5-7-15(13)31-32/h4-7,12,14,26H,3,8-11H2,1-2H3,(H2,21,23,24)/q+1/t14?,20-,32?/m1/s1. The summed E-state index contributed by atoms with van der Waals surface area (Å²) in [6, 6.07) is 7.39. The van der Waals surface area contributed by atoms with Crippen molar-refractivity contribution >= 4 is 25.3 Å². The Bertz CT molecular complexity index is 1140. The van der Waals surface area contributed by atoms with E-state index in [2.05, 4.69) is 15.0 Å². The van der Waals surface area contributed by atoms with Gasteiger partial charge in [0, 0.05) is 5.56 Å². The van der Waals surface area contributed by atoms with Crippen LogP contribution in [0.15, 0.2) is 30.6 Å². The van der Waals surface area contributed by atoms with Gasteiger partial charge in [0.05, 0.1) is 19.0 Å². The van der Waals surface area contributed by atoms with Gasteiger partial charge in [-0.3, -0.25) is 9.09 Å². The molecule has 0 spiro atoms. The van der Waals surface area contributed by atoms with Crippen molar-refractivity contribution in [2.24, 2.45) is 0 Å². The SMILES string of the molecule is CCOc1nc(N)nc2c1ncn2[C@@]1(C)CCC(CO[P+]2(O)OCc3ccccc3O2)O1. The highest BCUT2D eigenvalue weighted by atomic mass is 31.2. The zero-order valence-electron chi connectivity index (χ0n) is 17.8. The van der Waals surface area contributed by atoms with E-state index in [1.54, 1.807) is 12.4 Å². The van der Waals surface area contributed by atoms with Crippen LogP contribution in [0.5, 0.6) is 11.6 Å². The smallest absolute Gasteiger partial charge is 0.476 e. The molecule has 3 N–H and O–H groups in total. The molecule has 3 aromatic rings. The first-order valence-corrected chi connectivity index (χ1v) is 11.9. The van der Waals surface area contributed by atoms with E-state index in [1.165, 1.54) is 0 Å². The molecule has 32 heavy (non-hydrogen) atoms. The molecule has 2 aromatic heterocycles. The summed E-state index contributed by atoms with van der Waals surface area (Å²) in [5.41, 5.74) is 7.07. The number of hydrogen-bond acceptors (Lipinski definition) is 10. The van der Waals surface area contributed by atoms with Gasteiger partial charge in [0.15, 0.2) is 16.9 Å². The minimum Gasteiger partial charge on any atom is -0.476 e. The van der Waals surface area contributed by atoms with Crippen molar-refractivity contribution in [2.75, 3.05) is 18.9 Å². The van der Waals surface area contributed by atoms with Crippen molar-refractivity contribution in [1.29, 1.82) is 0 Å². The number of rotatable bonds is 6. The summed E-state index contributed by atoms with van der Waals surface area (Å²) in [7, 11) is -3.46. The first-order valence-electron chi connectivity index (χ1n) is 10.4. The molecule has 0 bridgehead atoms. The van der Waals surface area contributed by atoms with Gasteiger partial charge in [0.1, 0.15) is 18.9 Å². The maximum Gasteiger partial charge on any atom is 0.619 e. The van der Waals surface area contributed by atoms with Gasteiger partial charge in [-0.15, -0.1) is 9.05 Å². The fourth-order valence-electron chi connectivity index (χ4n) is 3.93. The Kier molecular flexibility index (Phi) is 5.39. The van der Waals surface area contributed by atoms with Crippen LogP contribution >= 0.6 is 8.17 Å². The molecule has 1 saturated heterocycles. The predicted octanol–water partition coefficient (Wildman–Crippen LogP) is 2.95. The maximum absolute atomic E-state index is 10.7. The normalized spacial score (nSPS) is 27.3. The number of ether oxygens (including phenoxy) is 2. The fraction of sp³-hybridized carbons (Fsp3) is 0.450. The van der Waals surface area contributed by atoms with E-state index in [-0.39, 0.29) is 25.3 Å². The Morgan fingerprint density at radius 3 is 3.03 bits per heavy atom. The van der Waals surface area contributed by atoms with E-state index in [4.69, 9.17) is 28.8 Å². The average molecular weight is 462 g/mol. The van der Waals surface area contributed by atoms with E-state index in [0.29, 0.717) is 42.2 Å². The van der Waals surface area contributed by atoms with Crippen LogP contribution in [0.1, 0.15) is 32.3 Å². The number of anilines is 1. The van der Waals surface area contributed by atoms with Crippen molar-refractivity contribution in [2.45, 2.75) is 45.1 Å². The van der Waals surface area contributed by atoms with Gasteiger partial charge < -0.3 is 15.2 Å². The third-order valence-corrected chi connectivity index (χ3v) is 6.87. The second-order valence-electron chi connectivity index (χ2n) is 7.80. The number of imidazole rings is 1. The molecule has 1 aromatic carbocycles. The molecule has 5 rings (SSSR count). The minimum absolute atomic E-state index is 0.100. The first-order chi connectivity index (χ1) is 15.4. The lowest BCUT2D eigenvalue weighted by Gasteiger charge is -2.27. The van der Waals surface area contributed by atoms with E-state index < -0.39 is 13.9 Å². The zero-order valence-corrected chi connectivity index (χ0v) is 18.7. The predicted molar refractivity (Wildman–Crippen MR) is 116 cm³/mol. The Hall–Kier alpha value is -2.56. The number of nitrogens with zero attached hydrogens (tertiary/aromatic N) is 4. The van der Waals surface area contributed by atoms with Crippen molar-refractivity contribution in [3.63, 3.8) is 0 Å². The van der Waals surface area contributed by atoms with Gasteiger partial charge in [-0.25, -0.2) is 4.98 Å². The van der Waals surface area contributed by atoms with Gasteiger partial charge in [-0.05, 0) is 32.8 Å².